The summed E-state index contributed by atoms with van der Waals surface area (Å²) in [5, 5.41) is 14.0. The van der Waals surface area contributed by atoms with Crippen molar-refractivity contribution in [2.75, 3.05) is 26.2 Å². The van der Waals surface area contributed by atoms with Crippen LogP contribution >= 0.6 is 0 Å². The van der Waals surface area contributed by atoms with Crippen molar-refractivity contribution in [1.82, 2.24) is 30.3 Å². The second-order valence-corrected chi connectivity index (χ2v) is 7.42. The largest absolute Gasteiger partial charge is 0.336 e. The Kier molecular flexibility index (Phi) is 6.67. The summed E-state index contributed by atoms with van der Waals surface area (Å²) in [5.41, 5.74) is 0. The van der Waals surface area contributed by atoms with Crippen LogP contribution in [0.4, 0.5) is 4.79 Å². The number of hydrogen-bond donors (Lipinski definition) is 2. The molecule has 2 amide bonds. The Balaban J connectivity index is 1.29. The Hall–Kier alpha value is -1.63. The highest BCUT2D eigenvalue weighted by atomic mass is 16.2. The second kappa shape index (κ2) is 9.17. The number of piperidine rings is 1. The highest BCUT2D eigenvalue weighted by molar-refractivity contribution is 5.74. The molecule has 1 aliphatic heterocycles. The minimum absolute atomic E-state index is 0.0552. The fourth-order valence-electron chi connectivity index (χ4n) is 4.08. The maximum absolute atomic E-state index is 12.1. The summed E-state index contributed by atoms with van der Waals surface area (Å²) < 4.78 is 1.99. The van der Waals surface area contributed by atoms with Crippen molar-refractivity contribution in [3.8, 4) is 0 Å². The van der Waals surface area contributed by atoms with Gasteiger partial charge in [-0.05, 0) is 31.6 Å². The Labute approximate surface area is 150 Å². The third-order valence-corrected chi connectivity index (χ3v) is 5.56. The number of carbonyl (C=O) groups excluding carboxylic acids is 1. The number of aryl methyl sites for hydroxylation is 1. The molecule has 2 heterocycles. The normalized spacial score (nSPS) is 20.0. The molecule has 140 valence electrons. The lowest BCUT2D eigenvalue weighted by molar-refractivity contribution is 0.171. The minimum atomic E-state index is -0.0552. The van der Waals surface area contributed by atoms with Gasteiger partial charge >= 0.3 is 6.03 Å². The number of aromatic nitrogens is 3. The molecule has 7 heteroatoms. The van der Waals surface area contributed by atoms with E-state index in [1.54, 1.807) is 6.33 Å². The van der Waals surface area contributed by atoms with Crippen LogP contribution < -0.4 is 10.6 Å². The summed E-state index contributed by atoms with van der Waals surface area (Å²) in [7, 11) is 0. The molecule has 0 aromatic carbocycles. The summed E-state index contributed by atoms with van der Waals surface area (Å²) in [5.74, 6) is 1.87. The van der Waals surface area contributed by atoms with E-state index in [0.717, 1.165) is 44.1 Å². The number of nitrogens with one attached hydrogen (secondary N) is 2. The van der Waals surface area contributed by atoms with Crippen molar-refractivity contribution in [3.63, 3.8) is 0 Å². The smallest absolute Gasteiger partial charge is 0.315 e. The van der Waals surface area contributed by atoms with Gasteiger partial charge < -0.3 is 20.1 Å². The molecule has 1 saturated heterocycles. The van der Waals surface area contributed by atoms with E-state index in [1.807, 2.05) is 4.57 Å². The summed E-state index contributed by atoms with van der Waals surface area (Å²) >= 11 is 0. The first-order valence-electron chi connectivity index (χ1n) is 9.88. The van der Waals surface area contributed by atoms with Gasteiger partial charge in [0, 0.05) is 45.2 Å². The molecule has 25 heavy (non-hydrogen) atoms. The highest BCUT2D eigenvalue weighted by Gasteiger charge is 2.24. The number of nitrogens with zero attached hydrogens (tertiary/aromatic N) is 4. The lowest BCUT2D eigenvalue weighted by Crippen LogP contribution is -2.48. The van der Waals surface area contributed by atoms with Gasteiger partial charge in [-0.15, -0.1) is 10.2 Å². The molecule has 0 bridgehead atoms. The van der Waals surface area contributed by atoms with Crippen LogP contribution in [0.5, 0.6) is 0 Å². The predicted molar refractivity (Wildman–Crippen MR) is 97.4 cm³/mol. The van der Waals surface area contributed by atoms with Crippen molar-refractivity contribution in [2.45, 2.75) is 64.5 Å². The molecule has 1 aromatic rings. The van der Waals surface area contributed by atoms with Crippen molar-refractivity contribution in [2.24, 2.45) is 5.92 Å². The topological polar surface area (TPSA) is 75.1 Å². The molecule has 2 fully saturated rings. The third-order valence-electron chi connectivity index (χ3n) is 5.56. The van der Waals surface area contributed by atoms with Gasteiger partial charge in [0.1, 0.15) is 12.2 Å². The predicted octanol–water partition coefficient (Wildman–Crippen LogP) is 1.79. The van der Waals surface area contributed by atoms with Gasteiger partial charge in [0.15, 0.2) is 0 Å². The van der Waals surface area contributed by atoms with Gasteiger partial charge in [0.25, 0.3) is 0 Å². The van der Waals surface area contributed by atoms with Gasteiger partial charge in [0.2, 0.25) is 0 Å². The standard InChI is InChI=1S/C18H32N6O/c1-2-17-22-20-14-24(17)12-9-19-18(25)21-16-7-10-23(11-8-16)13-15-5-3-4-6-15/h14-16H,2-13H2,1H3,(H2,19,21,25). The van der Waals surface area contributed by atoms with Crippen LogP contribution in [0.3, 0.4) is 0 Å². The van der Waals surface area contributed by atoms with Crippen molar-refractivity contribution in [1.29, 1.82) is 0 Å². The molecule has 7 nitrogen and oxygen atoms in total. The molecule has 0 atom stereocenters. The average molecular weight is 348 g/mol. The van der Waals surface area contributed by atoms with Gasteiger partial charge in [-0.25, -0.2) is 4.79 Å². The van der Waals surface area contributed by atoms with E-state index in [4.69, 9.17) is 0 Å². The van der Waals surface area contributed by atoms with Crippen LogP contribution in [0.25, 0.3) is 0 Å². The quantitative estimate of drug-likeness (QED) is 0.788. The molecular weight excluding hydrogens is 316 g/mol. The molecule has 1 aromatic heterocycles. The van der Waals surface area contributed by atoms with Crippen LogP contribution in [-0.2, 0) is 13.0 Å². The fraction of sp³-hybridized carbons (Fsp3) is 0.833. The zero-order chi connectivity index (χ0) is 17.5. The highest BCUT2D eigenvalue weighted by Crippen LogP contribution is 2.26. The first-order valence-corrected chi connectivity index (χ1v) is 9.88. The number of likely N-dealkylation sites (tertiary alicyclic amines) is 1. The maximum Gasteiger partial charge on any atom is 0.315 e. The van der Waals surface area contributed by atoms with E-state index >= 15 is 0 Å². The van der Waals surface area contributed by atoms with E-state index in [1.165, 1.54) is 32.2 Å². The van der Waals surface area contributed by atoms with Crippen molar-refractivity contribution < 1.29 is 4.79 Å². The maximum atomic E-state index is 12.1. The summed E-state index contributed by atoms with van der Waals surface area (Å²) in [4.78, 5) is 14.7. The minimum Gasteiger partial charge on any atom is -0.336 e. The Morgan fingerprint density at radius 3 is 2.72 bits per heavy atom. The number of urea groups is 1. The summed E-state index contributed by atoms with van der Waals surface area (Å²) in [6.45, 7) is 6.85. The van der Waals surface area contributed by atoms with E-state index in [0.29, 0.717) is 19.1 Å². The molecular formula is C18H32N6O. The van der Waals surface area contributed by atoms with Crippen LogP contribution in [-0.4, -0.2) is 57.9 Å². The Morgan fingerprint density at radius 1 is 1.24 bits per heavy atom. The van der Waals surface area contributed by atoms with Gasteiger partial charge in [0.05, 0.1) is 0 Å². The molecule has 1 aliphatic carbocycles. The summed E-state index contributed by atoms with van der Waals surface area (Å²) in [6.07, 6.45) is 10.3. The van der Waals surface area contributed by atoms with Crippen LogP contribution in [0.2, 0.25) is 0 Å². The van der Waals surface area contributed by atoms with Gasteiger partial charge in [-0.2, -0.15) is 0 Å². The lowest BCUT2D eigenvalue weighted by atomic mass is 10.0. The Morgan fingerprint density at radius 2 is 2.00 bits per heavy atom. The van der Waals surface area contributed by atoms with E-state index in [-0.39, 0.29) is 6.03 Å². The number of amides is 2. The number of carbonyl (C=O) groups is 1. The first kappa shape index (κ1) is 18.2. The van der Waals surface area contributed by atoms with E-state index in [9.17, 15) is 4.79 Å². The zero-order valence-corrected chi connectivity index (χ0v) is 15.4. The van der Waals surface area contributed by atoms with Crippen LogP contribution in [0.1, 0.15) is 51.3 Å². The SMILES string of the molecule is CCc1nncn1CCNC(=O)NC1CCN(CC2CCCC2)CC1. The molecule has 1 saturated carbocycles. The first-order chi connectivity index (χ1) is 12.2. The van der Waals surface area contributed by atoms with Gasteiger partial charge in [-0.1, -0.05) is 19.8 Å². The van der Waals surface area contributed by atoms with Crippen LogP contribution in [0.15, 0.2) is 6.33 Å². The van der Waals surface area contributed by atoms with Crippen molar-refractivity contribution in [3.05, 3.63) is 12.2 Å². The van der Waals surface area contributed by atoms with E-state index in [2.05, 4.69) is 32.7 Å². The lowest BCUT2D eigenvalue weighted by Gasteiger charge is -2.33. The number of hydrogen-bond acceptors (Lipinski definition) is 4. The van der Waals surface area contributed by atoms with Gasteiger partial charge in [-0.3, -0.25) is 0 Å². The zero-order valence-electron chi connectivity index (χ0n) is 15.4. The molecule has 0 spiro atoms. The van der Waals surface area contributed by atoms with Crippen molar-refractivity contribution >= 4 is 6.03 Å². The number of rotatable bonds is 7. The second-order valence-electron chi connectivity index (χ2n) is 7.42. The van der Waals surface area contributed by atoms with Crippen LogP contribution in [0, 0.1) is 5.92 Å². The average Bonchev–Trinajstić information content (AvgIpc) is 3.28. The monoisotopic (exact) mass is 348 g/mol. The molecule has 3 rings (SSSR count). The molecule has 0 unspecified atom stereocenters. The Bertz CT molecular complexity index is 531. The van der Waals surface area contributed by atoms with E-state index < -0.39 is 0 Å². The molecule has 2 N–H and O–H groups in total. The molecule has 2 aliphatic rings. The fourth-order valence-corrected chi connectivity index (χ4v) is 4.08. The summed E-state index contributed by atoms with van der Waals surface area (Å²) in [6, 6.07) is 0.251. The molecule has 0 radical (unpaired) electrons. The third kappa shape index (κ3) is 5.42.